The number of amides is 1. The first-order valence-electron chi connectivity index (χ1n) is 10.1. The molecule has 32 heavy (non-hydrogen) atoms. The summed E-state index contributed by atoms with van der Waals surface area (Å²) in [6.45, 7) is 2.33. The number of benzene rings is 2. The van der Waals surface area contributed by atoms with Crippen LogP contribution in [-0.2, 0) is 4.79 Å². The number of nitrogens with zero attached hydrogens (tertiary/aromatic N) is 4. The number of ether oxygens (including phenoxy) is 1. The molecule has 0 aliphatic rings. The maximum absolute atomic E-state index is 12.6. The minimum atomic E-state index is -0.247. The van der Waals surface area contributed by atoms with Gasteiger partial charge in [-0.15, -0.1) is 0 Å². The van der Waals surface area contributed by atoms with Crippen LogP contribution < -0.4 is 10.1 Å². The van der Waals surface area contributed by atoms with E-state index in [1.807, 2.05) is 49.4 Å². The van der Waals surface area contributed by atoms with Crippen molar-refractivity contribution in [3.63, 3.8) is 0 Å². The van der Waals surface area contributed by atoms with Gasteiger partial charge in [-0.2, -0.15) is 15.0 Å². The first-order chi connectivity index (χ1) is 15.6. The number of aryl methyl sites for hydroxylation is 1. The highest BCUT2D eigenvalue weighted by molar-refractivity contribution is 6.32. The largest absolute Gasteiger partial charge is 0.492 e. The number of hydrogen-bond donors (Lipinski definition) is 1. The van der Waals surface area contributed by atoms with Crippen molar-refractivity contribution in [3.05, 3.63) is 76.9 Å². The van der Waals surface area contributed by atoms with Gasteiger partial charge in [0.2, 0.25) is 5.91 Å². The van der Waals surface area contributed by atoms with Crippen LogP contribution in [0.4, 0.5) is 5.82 Å². The van der Waals surface area contributed by atoms with Gasteiger partial charge in [-0.05, 0) is 43.2 Å². The van der Waals surface area contributed by atoms with Crippen molar-refractivity contribution in [2.75, 3.05) is 11.9 Å². The zero-order valence-corrected chi connectivity index (χ0v) is 18.1. The van der Waals surface area contributed by atoms with Gasteiger partial charge >= 0.3 is 0 Å². The monoisotopic (exact) mass is 445 g/mol. The van der Waals surface area contributed by atoms with E-state index >= 15 is 0 Å². The number of anilines is 1. The van der Waals surface area contributed by atoms with Crippen molar-refractivity contribution in [2.45, 2.75) is 19.8 Å². The fourth-order valence-corrected chi connectivity index (χ4v) is 3.53. The number of hydrogen-bond acceptors (Lipinski definition) is 5. The van der Waals surface area contributed by atoms with Crippen molar-refractivity contribution in [1.82, 2.24) is 14.8 Å². The average molecular weight is 446 g/mol. The molecule has 0 aliphatic heterocycles. The Kier molecular flexibility index (Phi) is 6.34. The van der Waals surface area contributed by atoms with Crippen molar-refractivity contribution < 1.29 is 9.53 Å². The summed E-state index contributed by atoms with van der Waals surface area (Å²) in [5, 5.41) is 18.1. The third-order valence-electron chi connectivity index (χ3n) is 4.92. The van der Waals surface area contributed by atoms with Gasteiger partial charge in [-0.3, -0.25) is 4.79 Å². The standard InChI is InChI=1S/C24H20ClN5O2/c1-16-13-22(28-20-9-4-2-7-18(16)20)30-24(17(14-26)15-27-30)29-23(31)11-6-12-32-21-10-5-3-8-19(21)25/h2-5,7-10,13,15H,6,11-12H2,1H3,(H,29,31). The number of nitrogens with one attached hydrogen (secondary N) is 1. The average Bonchev–Trinajstić information content (AvgIpc) is 3.20. The molecule has 7 nitrogen and oxygen atoms in total. The second-order valence-electron chi connectivity index (χ2n) is 7.18. The summed E-state index contributed by atoms with van der Waals surface area (Å²) in [4.78, 5) is 17.2. The molecule has 0 saturated heterocycles. The van der Waals surface area contributed by atoms with Crippen LogP contribution in [0.1, 0.15) is 24.0 Å². The van der Waals surface area contributed by atoms with Gasteiger partial charge in [-0.1, -0.05) is 41.9 Å². The Morgan fingerprint density at radius 1 is 1.22 bits per heavy atom. The highest BCUT2D eigenvalue weighted by atomic mass is 35.5. The van der Waals surface area contributed by atoms with E-state index in [0.29, 0.717) is 35.4 Å². The van der Waals surface area contributed by atoms with Crippen molar-refractivity contribution >= 4 is 34.2 Å². The lowest BCUT2D eigenvalue weighted by molar-refractivity contribution is -0.116. The van der Waals surface area contributed by atoms with E-state index in [0.717, 1.165) is 16.5 Å². The molecule has 0 atom stereocenters. The van der Waals surface area contributed by atoms with Gasteiger partial charge in [0.05, 0.1) is 23.3 Å². The SMILES string of the molecule is Cc1cc(-n2ncc(C#N)c2NC(=O)CCCOc2ccccc2Cl)nc2ccccc12. The van der Waals surface area contributed by atoms with E-state index in [4.69, 9.17) is 16.3 Å². The maximum Gasteiger partial charge on any atom is 0.225 e. The molecule has 0 saturated carbocycles. The first-order valence-corrected chi connectivity index (χ1v) is 10.5. The summed E-state index contributed by atoms with van der Waals surface area (Å²) >= 11 is 6.07. The molecule has 1 amide bonds. The summed E-state index contributed by atoms with van der Waals surface area (Å²) < 4.78 is 7.10. The summed E-state index contributed by atoms with van der Waals surface area (Å²) in [6, 6.07) is 18.9. The van der Waals surface area contributed by atoms with E-state index in [9.17, 15) is 10.1 Å². The molecule has 2 aromatic heterocycles. The summed E-state index contributed by atoms with van der Waals surface area (Å²) in [5.74, 6) is 1.16. The van der Waals surface area contributed by atoms with Crippen LogP contribution in [-0.4, -0.2) is 27.3 Å². The lowest BCUT2D eigenvalue weighted by Gasteiger charge is -2.11. The van der Waals surface area contributed by atoms with E-state index in [-0.39, 0.29) is 17.9 Å². The van der Waals surface area contributed by atoms with Gasteiger partial charge < -0.3 is 10.1 Å². The molecule has 160 valence electrons. The number of fused-ring (bicyclic) bond motifs is 1. The Morgan fingerprint density at radius 2 is 2.00 bits per heavy atom. The molecule has 0 bridgehead atoms. The lowest BCUT2D eigenvalue weighted by atomic mass is 10.1. The Bertz CT molecular complexity index is 1330. The lowest BCUT2D eigenvalue weighted by Crippen LogP contribution is -2.17. The molecule has 0 spiro atoms. The molecule has 4 aromatic rings. The number of pyridine rings is 1. The molecule has 4 rings (SSSR count). The number of para-hydroxylation sites is 2. The van der Waals surface area contributed by atoms with Gasteiger partial charge in [0.25, 0.3) is 0 Å². The molecule has 8 heteroatoms. The number of carbonyl (C=O) groups excluding carboxylic acids is 1. The van der Waals surface area contributed by atoms with Crippen molar-refractivity contribution in [1.29, 1.82) is 5.26 Å². The molecule has 1 N–H and O–H groups in total. The van der Waals surface area contributed by atoms with Gasteiger partial charge in [0.1, 0.15) is 17.4 Å². The van der Waals surface area contributed by atoms with E-state index in [2.05, 4.69) is 21.5 Å². The minimum absolute atomic E-state index is 0.213. The summed E-state index contributed by atoms with van der Waals surface area (Å²) in [5.41, 5.74) is 2.09. The molecular formula is C24H20ClN5O2. The minimum Gasteiger partial charge on any atom is -0.492 e. The molecule has 0 radical (unpaired) electrons. The Morgan fingerprint density at radius 3 is 2.81 bits per heavy atom. The zero-order valence-electron chi connectivity index (χ0n) is 17.4. The third kappa shape index (κ3) is 4.56. The van der Waals surface area contributed by atoms with Crippen molar-refractivity contribution in [3.8, 4) is 17.6 Å². The molecular weight excluding hydrogens is 426 g/mol. The maximum atomic E-state index is 12.6. The topological polar surface area (TPSA) is 92.8 Å². The van der Waals surface area contributed by atoms with Crippen LogP contribution in [0.5, 0.6) is 5.75 Å². The number of carbonyl (C=O) groups is 1. The Hall–Kier alpha value is -3.89. The second-order valence-corrected chi connectivity index (χ2v) is 7.58. The number of aromatic nitrogens is 3. The van der Waals surface area contributed by atoms with Crippen LogP contribution in [0.15, 0.2) is 60.8 Å². The third-order valence-corrected chi connectivity index (χ3v) is 5.23. The number of rotatable bonds is 7. The first kappa shape index (κ1) is 21.3. The highest BCUT2D eigenvalue weighted by Crippen LogP contribution is 2.25. The van der Waals surface area contributed by atoms with Crippen LogP contribution >= 0.6 is 11.6 Å². The van der Waals surface area contributed by atoms with Crippen molar-refractivity contribution in [2.24, 2.45) is 0 Å². The van der Waals surface area contributed by atoms with Gasteiger partial charge in [0, 0.05) is 11.8 Å². The number of halogens is 1. The molecule has 0 aliphatic carbocycles. The van der Waals surface area contributed by atoms with E-state index in [1.54, 1.807) is 12.1 Å². The fourth-order valence-electron chi connectivity index (χ4n) is 3.34. The van der Waals surface area contributed by atoms with Crippen LogP contribution in [0.25, 0.3) is 16.7 Å². The van der Waals surface area contributed by atoms with E-state index in [1.165, 1.54) is 10.9 Å². The summed E-state index contributed by atoms with van der Waals surface area (Å²) in [7, 11) is 0. The predicted molar refractivity (Wildman–Crippen MR) is 123 cm³/mol. The van der Waals surface area contributed by atoms with Gasteiger partial charge in [0.15, 0.2) is 11.6 Å². The molecule has 0 unspecified atom stereocenters. The summed E-state index contributed by atoms with van der Waals surface area (Å²) in [6.07, 6.45) is 2.12. The van der Waals surface area contributed by atoms with Gasteiger partial charge in [-0.25, -0.2) is 4.98 Å². The molecule has 2 aromatic carbocycles. The smallest absolute Gasteiger partial charge is 0.225 e. The normalized spacial score (nSPS) is 10.7. The zero-order chi connectivity index (χ0) is 22.5. The van der Waals surface area contributed by atoms with Crippen LogP contribution in [0.3, 0.4) is 0 Å². The van der Waals surface area contributed by atoms with Crippen LogP contribution in [0.2, 0.25) is 5.02 Å². The molecule has 0 fully saturated rings. The second kappa shape index (κ2) is 9.50. The molecule has 2 heterocycles. The van der Waals surface area contributed by atoms with Crippen LogP contribution in [0, 0.1) is 18.3 Å². The number of nitriles is 1. The van der Waals surface area contributed by atoms with E-state index < -0.39 is 0 Å². The predicted octanol–water partition coefficient (Wildman–Crippen LogP) is 5.05. The quantitative estimate of drug-likeness (QED) is 0.402. The fraction of sp³-hybridized carbons (Fsp3) is 0.167. The Balaban J connectivity index is 1.47. The Labute approximate surface area is 190 Å². The highest BCUT2D eigenvalue weighted by Gasteiger charge is 2.17.